The Morgan fingerprint density at radius 3 is 2.35 bits per heavy atom. The number of rotatable bonds is 10. The van der Waals surface area contributed by atoms with Crippen LogP contribution in [-0.4, -0.2) is 34.4 Å². The molecule has 0 bridgehead atoms. The van der Waals surface area contributed by atoms with Crippen LogP contribution >= 0.6 is 15.9 Å². The standard InChI is InChI=1S/C31H30BrF4N5O3.C2H6/c1-31(2,3)29(43)37-14-16-4-11-21(33)27(26(16)36)40-30-39-22-12-20(28(42)38-18-7-5-17(32)6-8-18)24(44-15-25(34)35)13-23(22)41(30)19-9-10-19;1-2/h4-8,11-13,19,25H,9-10,14-15H2,1-3H3,(H,37,43)(H,38,42)(H,39,40);1-2H3. The van der Waals surface area contributed by atoms with Gasteiger partial charge in [-0.2, -0.15) is 0 Å². The van der Waals surface area contributed by atoms with Crippen molar-refractivity contribution in [3.05, 3.63) is 75.8 Å². The van der Waals surface area contributed by atoms with Crippen LogP contribution in [0.1, 0.15) is 69.4 Å². The molecular formula is C33H36BrF4N5O3. The van der Waals surface area contributed by atoms with Crippen LogP contribution in [0.15, 0.2) is 53.0 Å². The minimum absolute atomic E-state index is 0.0398. The van der Waals surface area contributed by atoms with Crippen LogP contribution in [0, 0.1) is 17.0 Å². The Bertz CT molecular complexity index is 1720. The summed E-state index contributed by atoms with van der Waals surface area (Å²) in [4.78, 5) is 30.1. The maximum absolute atomic E-state index is 15.6. The van der Waals surface area contributed by atoms with E-state index in [0.29, 0.717) is 16.7 Å². The van der Waals surface area contributed by atoms with Crippen molar-refractivity contribution in [2.45, 2.75) is 66.5 Å². The van der Waals surface area contributed by atoms with E-state index in [1.54, 1.807) is 49.6 Å². The van der Waals surface area contributed by atoms with Gasteiger partial charge in [-0.3, -0.25) is 9.59 Å². The summed E-state index contributed by atoms with van der Waals surface area (Å²) in [7, 11) is 0. The van der Waals surface area contributed by atoms with E-state index in [1.165, 1.54) is 18.2 Å². The van der Waals surface area contributed by atoms with Crippen LogP contribution in [-0.2, 0) is 11.3 Å². The summed E-state index contributed by atoms with van der Waals surface area (Å²) in [5.74, 6) is -2.68. The minimum atomic E-state index is -2.79. The number of ether oxygens (including phenoxy) is 1. The van der Waals surface area contributed by atoms with E-state index in [4.69, 9.17) is 4.74 Å². The molecule has 3 N–H and O–H groups in total. The highest BCUT2D eigenvalue weighted by atomic mass is 79.9. The van der Waals surface area contributed by atoms with Gasteiger partial charge >= 0.3 is 0 Å². The summed E-state index contributed by atoms with van der Waals surface area (Å²) in [5.41, 5.74) is 0.0595. The molecule has 0 radical (unpaired) electrons. The number of amides is 2. The third kappa shape index (κ3) is 8.17. The molecule has 0 atom stereocenters. The van der Waals surface area contributed by atoms with E-state index in [0.717, 1.165) is 23.4 Å². The summed E-state index contributed by atoms with van der Waals surface area (Å²) in [6, 6.07) is 11.9. The molecule has 246 valence electrons. The smallest absolute Gasteiger partial charge is 0.272 e. The number of nitrogens with zero attached hydrogens (tertiary/aromatic N) is 2. The number of aromatic nitrogens is 2. The first-order valence-corrected chi connectivity index (χ1v) is 15.7. The number of hydrogen-bond acceptors (Lipinski definition) is 5. The molecule has 1 heterocycles. The molecule has 1 aromatic heterocycles. The van der Waals surface area contributed by atoms with E-state index in [1.807, 2.05) is 13.8 Å². The number of benzene rings is 3. The molecule has 8 nitrogen and oxygen atoms in total. The predicted octanol–water partition coefficient (Wildman–Crippen LogP) is 8.74. The first-order chi connectivity index (χ1) is 21.8. The Kier molecular flexibility index (Phi) is 11.0. The normalized spacial score (nSPS) is 12.8. The number of alkyl halides is 2. The molecule has 1 aliphatic carbocycles. The Hall–Kier alpha value is -4.13. The van der Waals surface area contributed by atoms with Crippen molar-refractivity contribution in [1.82, 2.24) is 14.9 Å². The van der Waals surface area contributed by atoms with Gasteiger partial charge in [0, 0.05) is 39.8 Å². The van der Waals surface area contributed by atoms with Gasteiger partial charge in [-0.05, 0) is 49.2 Å². The molecule has 0 spiro atoms. The van der Waals surface area contributed by atoms with E-state index in [2.05, 4.69) is 36.9 Å². The van der Waals surface area contributed by atoms with Crippen molar-refractivity contribution in [2.24, 2.45) is 5.41 Å². The zero-order chi connectivity index (χ0) is 33.8. The molecular weight excluding hydrogens is 670 g/mol. The zero-order valence-electron chi connectivity index (χ0n) is 26.1. The highest BCUT2D eigenvalue weighted by Gasteiger charge is 2.31. The second kappa shape index (κ2) is 14.5. The second-order valence-electron chi connectivity index (χ2n) is 11.5. The predicted molar refractivity (Wildman–Crippen MR) is 174 cm³/mol. The van der Waals surface area contributed by atoms with Crippen LogP contribution in [0.4, 0.5) is 34.9 Å². The fraction of sp³-hybridized carbons (Fsp3) is 0.364. The van der Waals surface area contributed by atoms with Crippen molar-refractivity contribution < 1.29 is 31.9 Å². The van der Waals surface area contributed by atoms with Gasteiger partial charge < -0.3 is 25.3 Å². The molecule has 1 aliphatic rings. The summed E-state index contributed by atoms with van der Waals surface area (Å²) in [5, 5.41) is 8.14. The largest absolute Gasteiger partial charge is 0.487 e. The number of hydrogen-bond donors (Lipinski definition) is 3. The molecule has 46 heavy (non-hydrogen) atoms. The number of carbonyl (C=O) groups excluding carboxylic acids is 2. The Morgan fingerprint density at radius 1 is 1.07 bits per heavy atom. The number of halogens is 5. The maximum atomic E-state index is 15.6. The van der Waals surface area contributed by atoms with Crippen LogP contribution < -0.4 is 20.7 Å². The third-order valence-electron chi connectivity index (χ3n) is 6.94. The lowest BCUT2D eigenvalue weighted by atomic mass is 9.95. The number of anilines is 3. The van der Waals surface area contributed by atoms with Crippen LogP contribution in [0.3, 0.4) is 0 Å². The number of nitrogens with one attached hydrogen (secondary N) is 3. The topological polar surface area (TPSA) is 97.3 Å². The van der Waals surface area contributed by atoms with Gasteiger partial charge in [0.25, 0.3) is 12.3 Å². The van der Waals surface area contributed by atoms with Gasteiger partial charge in [0.05, 0.1) is 16.6 Å². The quantitative estimate of drug-likeness (QED) is 0.143. The molecule has 2 amide bonds. The van der Waals surface area contributed by atoms with Crippen LogP contribution in [0.2, 0.25) is 0 Å². The zero-order valence-corrected chi connectivity index (χ0v) is 27.7. The van der Waals surface area contributed by atoms with Crippen molar-refractivity contribution in [3.8, 4) is 5.75 Å². The van der Waals surface area contributed by atoms with E-state index >= 15 is 4.39 Å². The molecule has 0 saturated heterocycles. The summed E-state index contributed by atoms with van der Waals surface area (Å²) >= 11 is 3.33. The van der Waals surface area contributed by atoms with E-state index in [-0.39, 0.29) is 41.3 Å². The number of carbonyl (C=O) groups is 2. The third-order valence-corrected chi connectivity index (χ3v) is 7.47. The van der Waals surface area contributed by atoms with E-state index in [9.17, 15) is 22.8 Å². The highest BCUT2D eigenvalue weighted by molar-refractivity contribution is 9.10. The van der Waals surface area contributed by atoms with Gasteiger partial charge in [0.2, 0.25) is 11.9 Å². The lowest BCUT2D eigenvalue weighted by molar-refractivity contribution is -0.128. The SMILES string of the molecule is CC.CC(C)(C)C(=O)NCc1ccc(F)c(Nc2nc3cc(C(=O)Nc4ccc(Br)cc4)c(OCC(F)F)cc3n2C2CC2)c1F. The number of imidazole rings is 1. The molecule has 0 aliphatic heterocycles. The molecule has 13 heteroatoms. The first-order valence-electron chi connectivity index (χ1n) is 14.9. The minimum Gasteiger partial charge on any atom is -0.487 e. The molecule has 5 rings (SSSR count). The van der Waals surface area contributed by atoms with Crippen molar-refractivity contribution >= 4 is 56.1 Å². The lowest BCUT2D eigenvalue weighted by Crippen LogP contribution is -2.34. The van der Waals surface area contributed by atoms with Gasteiger partial charge in [0.15, 0.2) is 5.82 Å². The summed E-state index contributed by atoms with van der Waals surface area (Å²) < 4.78 is 64.7. The second-order valence-corrected chi connectivity index (χ2v) is 12.4. The number of fused-ring (bicyclic) bond motifs is 1. The average molecular weight is 707 g/mol. The van der Waals surface area contributed by atoms with Gasteiger partial charge in [-0.15, -0.1) is 0 Å². The van der Waals surface area contributed by atoms with Gasteiger partial charge in [-0.25, -0.2) is 22.5 Å². The van der Waals surface area contributed by atoms with Crippen molar-refractivity contribution in [3.63, 3.8) is 0 Å². The average Bonchev–Trinajstić information content (AvgIpc) is 3.79. The maximum Gasteiger partial charge on any atom is 0.272 e. The lowest BCUT2D eigenvalue weighted by Gasteiger charge is -2.18. The fourth-order valence-electron chi connectivity index (χ4n) is 4.49. The molecule has 1 saturated carbocycles. The van der Waals surface area contributed by atoms with Crippen LogP contribution in [0.25, 0.3) is 11.0 Å². The van der Waals surface area contributed by atoms with Crippen LogP contribution in [0.5, 0.6) is 5.75 Å². The fourth-order valence-corrected chi connectivity index (χ4v) is 4.76. The van der Waals surface area contributed by atoms with Crippen molar-refractivity contribution in [2.75, 3.05) is 17.2 Å². The van der Waals surface area contributed by atoms with E-state index < -0.39 is 41.7 Å². The Morgan fingerprint density at radius 2 is 1.74 bits per heavy atom. The molecule has 0 unspecified atom stereocenters. The molecule has 1 fully saturated rings. The highest BCUT2D eigenvalue weighted by Crippen LogP contribution is 2.42. The summed E-state index contributed by atoms with van der Waals surface area (Å²) in [6.45, 7) is 8.06. The van der Waals surface area contributed by atoms with Gasteiger partial charge in [0.1, 0.15) is 23.9 Å². The van der Waals surface area contributed by atoms with Crippen molar-refractivity contribution in [1.29, 1.82) is 0 Å². The summed E-state index contributed by atoms with van der Waals surface area (Å²) in [6.07, 6.45) is -1.28. The monoisotopic (exact) mass is 705 g/mol. The molecule has 4 aromatic rings. The Balaban J connectivity index is 0.00000235. The van der Waals surface area contributed by atoms with Gasteiger partial charge in [-0.1, -0.05) is 56.6 Å². The molecule has 3 aromatic carbocycles. The Labute approximate surface area is 273 Å². The first kappa shape index (κ1) is 34.7.